The Kier molecular flexibility index (Phi) is 8.61. The number of likely N-dealkylation sites (tertiary alicyclic amines) is 1. The summed E-state index contributed by atoms with van der Waals surface area (Å²) in [6.07, 6.45) is 6.07. The van der Waals surface area contributed by atoms with Crippen molar-refractivity contribution in [3.8, 4) is 0 Å². The largest absolute Gasteiger partial charge is 0.385 e. The fraction of sp³-hybridized carbons (Fsp3) is 0.474. The fourth-order valence-electron chi connectivity index (χ4n) is 7.74. The lowest BCUT2D eigenvalue weighted by Gasteiger charge is -2.39. The highest BCUT2D eigenvalue weighted by Crippen LogP contribution is 2.37. The van der Waals surface area contributed by atoms with Crippen molar-refractivity contribution >= 4 is 23.4 Å². The van der Waals surface area contributed by atoms with Gasteiger partial charge in [-0.1, -0.05) is 44.2 Å². The minimum atomic E-state index is -0.960. The van der Waals surface area contributed by atoms with Crippen LogP contribution in [0.1, 0.15) is 103 Å². The minimum Gasteiger partial charge on any atom is -0.385 e. The molecule has 0 aliphatic carbocycles. The number of pyridine rings is 1. The Bertz CT molecular complexity index is 1640. The summed E-state index contributed by atoms with van der Waals surface area (Å²) in [7, 11) is 0. The van der Waals surface area contributed by atoms with Crippen LogP contribution >= 0.6 is 0 Å². The molecule has 47 heavy (non-hydrogen) atoms. The average Bonchev–Trinajstić information content (AvgIpc) is 3.41. The lowest BCUT2D eigenvalue weighted by molar-refractivity contribution is -0.136. The monoisotopic (exact) mass is 635 g/mol. The lowest BCUT2D eigenvalue weighted by Crippen LogP contribution is -2.52. The highest BCUT2D eigenvalue weighted by molar-refractivity contribution is 6.05. The maximum Gasteiger partial charge on any atom is 0.255 e. The van der Waals surface area contributed by atoms with Crippen molar-refractivity contribution in [2.75, 3.05) is 31.1 Å². The van der Waals surface area contributed by atoms with Crippen LogP contribution in [0.3, 0.4) is 0 Å². The number of hydrogen-bond acceptors (Lipinski definition) is 7. The lowest BCUT2D eigenvalue weighted by atomic mass is 9.83. The molecule has 2 N–H and O–H groups in total. The normalized spacial score (nSPS) is 22.1. The van der Waals surface area contributed by atoms with E-state index in [0.29, 0.717) is 43.2 Å². The zero-order valence-electron chi connectivity index (χ0n) is 27.5. The van der Waals surface area contributed by atoms with Gasteiger partial charge in [0.15, 0.2) is 0 Å². The van der Waals surface area contributed by atoms with Gasteiger partial charge in [0.25, 0.3) is 5.91 Å². The van der Waals surface area contributed by atoms with Crippen LogP contribution in [0.4, 0.5) is 5.69 Å². The highest BCUT2D eigenvalue weighted by Gasteiger charge is 2.41. The molecular formula is C38H45N5O4. The highest BCUT2D eigenvalue weighted by atomic mass is 16.3. The smallest absolute Gasteiger partial charge is 0.255 e. The molecule has 5 heterocycles. The van der Waals surface area contributed by atoms with Gasteiger partial charge in [-0.2, -0.15) is 0 Å². The first-order chi connectivity index (χ1) is 22.7. The van der Waals surface area contributed by atoms with Crippen LogP contribution in [0.5, 0.6) is 0 Å². The van der Waals surface area contributed by atoms with Crippen LogP contribution in [0, 0.1) is 0 Å². The molecule has 0 saturated carbocycles. The third kappa shape index (κ3) is 6.43. The number of anilines is 1. The Morgan fingerprint density at radius 2 is 1.68 bits per heavy atom. The number of nitrogens with one attached hydrogen (secondary N) is 1. The van der Waals surface area contributed by atoms with E-state index in [1.54, 1.807) is 11.0 Å². The van der Waals surface area contributed by atoms with E-state index in [2.05, 4.69) is 65.4 Å². The van der Waals surface area contributed by atoms with Crippen molar-refractivity contribution in [2.45, 2.75) is 88.9 Å². The number of amides is 3. The number of fused-ring (bicyclic) bond motifs is 1. The molecule has 246 valence electrons. The van der Waals surface area contributed by atoms with Crippen molar-refractivity contribution in [2.24, 2.45) is 0 Å². The first kappa shape index (κ1) is 31.5. The van der Waals surface area contributed by atoms with E-state index < -0.39 is 17.6 Å². The summed E-state index contributed by atoms with van der Waals surface area (Å²) in [6.45, 7) is 9.19. The summed E-state index contributed by atoms with van der Waals surface area (Å²) in [4.78, 5) is 48.3. The van der Waals surface area contributed by atoms with Gasteiger partial charge >= 0.3 is 0 Å². The van der Waals surface area contributed by atoms with E-state index in [1.807, 2.05) is 18.3 Å². The number of carbonyl (C=O) groups excluding carboxylic acids is 3. The predicted octanol–water partition coefficient (Wildman–Crippen LogP) is 4.83. The van der Waals surface area contributed by atoms with Gasteiger partial charge < -0.3 is 14.9 Å². The summed E-state index contributed by atoms with van der Waals surface area (Å²) in [5.74, 6) is 0.132. The van der Waals surface area contributed by atoms with E-state index >= 15 is 0 Å². The van der Waals surface area contributed by atoms with Gasteiger partial charge in [-0.25, -0.2) is 0 Å². The molecule has 7 rings (SSSR count). The van der Waals surface area contributed by atoms with Crippen LogP contribution in [0.15, 0.2) is 60.8 Å². The second-order valence-electron chi connectivity index (χ2n) is 14.2. The summed E-state index contributed by atoms with van der Waals surface area (Å²) in [5, 5.41) is 14.0. The van der Waals surface area contributed by atoms with E-state index in [1.165, 1.54) is 22.5 Å². The number of rotatable bonds is 7. The van der Waals surface area contributed by atoms with Crippen LogP contribution < -0.4 is 10.2 Å². The van der Waals surface area contributed by atoms with Gasteiger partial charge in [-0.3, -0.25) is 29.6 Å². The number of hydrogen-bond donors (Lipinski definition) is 2. The Hall–Kier alpha value is -4.08. The number of aliphatic hydroxyl groups is 1. The van der Waals surface area contributed by atoms with Crippen LogP contribution in [-0.4, -0.2) is 69.8 Å². The van der Waals surface area contributed by atoms with Gasteiger partial charge in [0.1, 0.15) is 6.04 Å². The maximum absolute atomic E-state index is 13.1. The third-order valence-electron chi connectivity index (χ3n) is 10.8. The molecule has 3 aromatic rings. The Morgan fingerprint density at radius 3 is 2.34 bits per heavy atom. The van der Waals surface area contributed by atoms with Crippen molar-refractivity contribution in [3.63, 3.8) is 0 Å². The van der Waals surface area contributed by atoms with Crippen molar-refractivity contribution in [1.82, 2.24) is 20.1 Å². The quantitative estimate of drug-likeness (QED) is 0.358. The molecule has 0 spiro atoms. The number of imide groups is 1. The molecule has 2 aromatic carbocycles. The molecule has 0 radical (unpaired) electrons. The van der Waals surface area contributed by atoms with Gasteiger partial charge in [-0.15, -0.1) is 0 Å². The standard InChI is InChI=1S/C38H45N5O4/c1-25(2)28-5-10-33(39-22-28)27-13-17-42(18-14-27)31-7-3-26(4-8-31)23-41-19-15-38(47,16-20-41)30-6-9-32-29(21-30)24-43(37(32)46)34-11-12-35(44)40-36(34)45/h3-10,21-22,25,27,34,47H,11-20,23-24H2,1-2H3,(H,40,44,45). The van der Waals surface area contributed by atoms with Crippen LogP contribution in [0.25, 0.3) is 0 Å². The number of carbonyl (C=O) groups is 3. The third-order valence-corrected chi connectivity index (χ3v) is 10.8. The molecule has 9 nitrogen and oxygen atoms in total. The molecule has 4 aliphatic heterocycles. The molecule has 4 aliphatic rings. The second-order valence-corrected chi connectivity index (χ2v) is 14.2. The molecule has 0 bridgehead atoms. The minimum absolute atomic E-state index is 0.192. The Balaban J connectivity index is 0.908. The van der Waals surface area contributed by atoms with Crippen LogP contribution in [-0.2, 0) is 28.3 Å². The van der Waals surface area contributed by atoms with Crippen LogP contribution in [0.2, 0.25) is 0 Å². The zero-order valence-corrected chi connectivity index (χ0v) is 27.5. The molecule has 1 aromatic heterocycles. The number of benzene rings is 2. The molecule has 3 fully saturated rings. The first-order valence-corrected chi connectivity index (χ1v) is 17.2. The molecule has 1 unspecified atom stereocenters. The topological polar surface area (TPSA) is 106 Å². The summed E-state index contributed by atoms with van der Waals surface area (Å²) in [5.41, 5.74) is 6.33. The average molecular weight is 636 g/mol. The predicted molar refractivity (Wildman–Crippen MR) is 180 cm³/mol. The molecule has 1 atom stereocenters. The Labute approximate surface area is 277 Å². The van der Waals surface area contributed by atoms with Crippen molar-refractivity contribution < 1.29 is 19.5 Å². The van der Waals surface area contributed by atoms with E-state index in [-0.39, 0.29) is 18.2 Å². The summed E-state index contributed by atoms with van der Waals surface area (Å²) >= 11 is 0. The number of nitrogens with zero attached hydrogens (tertiary/aromatic N) is 4. The molecular weight excluding hydrogens is 590 g/mol. The first-order valence-electron chi connectivity index (χ1n) is 17.2. The number of aromatic nitrogens is 1. The van der Waals surface area contributed by atoms with Gasteiger partial charge in [0.2, 0.25) is 11.8 Å². The molecule has 3 amide bonds. The summed E-state index contributed by atoms with van der Waals surface area (Å²) < 4.78 is 0. The zero-order chi connectivity index (χ0) is 32.7. The Morgan fingerprint density at radius 1 is 0.936 bits per heavy atom. The second kappa shape index (κ2) is 12.8. The summed E-state index contributed by atoms with van der Waals surface area (Å²) in [6, 6.07) is 18.4. The van der Waals surface area contributed by atoms with Gasteiger partial charge in [0, 0.05) is 74.7 Å². The van der Waals surface area contributed by atoms with Gasteiger partial charge in [-0.05, 0) is 84.5 Å². The van der Waals surface area contributed by atoms with Crippen molar-refractivity contribution in [1.29, 1.82) is 0 Å². The van der Waals surface area contributed by atoms with E-state index in [0.717, 1.165) is 56.7 Å². The maximum atomic E-state index is 13.1. The van der Waals surface area contributed by atoms with E-state index in [9.17, 15) is 19.5 Å². The fourth-order valence-corrected chi connectivity index (χ4v) is 7.74. The van der Waals surface area contributed by atoms with E-state index in [4.69, 9.17) is 4.98 Å². The SMILES string of the molecule is CC(C)c1ccc(C2CCN(c3ccc(CN4CCC(O)(c5ccc6c(c5)CN(C5CCC(=O)NC5=O)C6=O)CC4)cc3)CC2)nc1. The van der Waals surface area contributed by atoms with Crippen molar-refractivity contribution in [3.05, 3.63) is 94.3 Å². The van der Waals surface area contributed by atoms with Gasteiger partial charge in [0.05, 0.1) is 5.60 Å². The molecule has 3 saturated heterocycles. The number of piperidine rings is 3. The molecule has 9 heteroatoms.